The van der Waals surface area contributed by atoms with Gasteiger partial charge in [0.05, 0.1) is 15.8 Å². The molecule has 0 saturated heterocycles. The predicted molar refractivity (Wildman–Crippen MR) is 79.4 cm³/mol. The molecule has 1 aromatic heterocycles. The molecule has 1 N–H and O–H groups in total. The second kappa shape index (κ2) is 5.20. The van der Waals surface area contributed by atoms with E-state index in [1.165, 1.54) is 17.4 Å². The fourth-order valence-corrected chi connectivity index (χ4v) is 2.90. The predicted octanol–water partition coefficient (Wildman–Crippen LogP) is 5.71. The average Bonchev–Trinajstić information content (AvgIpc) is 2.78. The van der Waals surface area contributed by atoms with E-state index < -0.39 is 11.7 Å². The van der Waals surface area contributed by atoms with E-state index in [0.29, 0.717) is 20.4 Å². The number of alkyl halides is 3. The van der Waals surface area contributed by atoms with Crippen LogP contribution in [0.1, 0.15) is 5.56 Å². The Kier molecular flexibility index (Phi) is 3.51. The van der Waals surface area contributed by atoms with Crippen molar-refractivity contribution in [2.75, 3.05) is 5.32 Å². The monoisotopic (exact) mass is 328 g/mol. The largest absolute Gasteiger partial charge is 0.416 e. The van der Waals surface area contributed by atoms with E-state index in [-0.39, 0.29) is 0 Å². The van der Waals surface area contributed by atoms with E-state index in [2.05, 4.69) is 10.3 Å². The van der Waals surface area contributed by atoms with Gasteiger partial charge in [-0.3, -0.25) is 0 Å². The molecule has 0 aliphatic rings. The van der Waals surface area contributed by atoms with Gasteiger partial charge in [0.1, 0.15) is 0 Å². The van der Waals surface area contributed by atoms with E-state index in [1.54, 1.807) is 24.3 Å². The molecule has 0 atom stereocenters. The summed E-state index contributed by atoms with van der Waals surface area (Å²) in [5.74, 6) is 0. The molecule has 0 aliphatic heterocycles. The lowest BCUT2D eigenvalue weighted by molar-refractivity contribution is -0.137. The second-order valence-electron chi connectivity index (χ2n) is 4.33. The second-order valence-corrected chi connectivity index (χ2v) is 5.80. The summed E-state index contributed by atoms with van der Waals surface area (Å²) in [7, 11) is 0. The Morgan fingerprint density at radius 3 is 2.62 bits per heavy atom. The smallest absolute Gasteiger partial charge is 0.331 e. The molecule has 0 amide bonds. The van der Waals surface area contributed by atoms with Crippen molar-refractivity contribution in [1.29, 1.82) is 0 Å². The quantitative estimate of drug-likeness (QED) is 0.651. The molecule has 0 bridgehead atoms. The van der Waals surface area contributed by atoms with Crippen LogP contribution in [-0.4, -0.2) is 4.98 Å². The minimum atomic E-state index is -4.36. The van der Waals surface area contributed by atoms with Gasteiger partial charge in [-0.25, -0.2) is 4.98 Å². The van der Waals surface area contributed by atoms with Gasteiger partial charge in [-0.1, -0.05) is 29.0 Å². The van der Waals surface area contributed by atoms with Crippen LogP contribution in [0, 0.1) is 0 Å². The Hall–Kier alpha value is -1.79. The SMILES string of the molecule is FC(F)(F)c1ccc2sc(Nc3cccc(Cl)c3)nc2c1. The Labute approximate surface area is 127 Å². The number of thiazole rings is 1. The normalized spacial score (nSPS) is 11.8. The first-order valence-corrected chi connectivity index (χ1v) is 7.12. The van der Waals surface area contributed by atoms with E-state index in [4.69, 9.17) is 11.6 Å². The van der Waals surface area contributed by atoms with Crippen LogP contribution in [-0.2, 0) is 6.18 Å². The van der Waals surface area contributed by atoms with Crippen molar-refractivity contribution in [3.05, 3.63) is 53.1 Å². The zero-order valence-electron chi connectivity index (χ0n) is 10.4. The van der Waals surface area contributed by atoms with Crippen molar-refractivity contribution < 1.29 is 13.2 Å². The zero-order chi connectivity index (χ0) is 15.0. The van der Waals surface area contributed by atoms with E-state index in [1.807, 2.05) is 0 Å². The first-order valence-electron chi connectivity index (χ1n) is 5.92. The Morgan fingerprint density at radius 1 is 1.10 bits per heavy atom. The Balaban J connectivity index is 1.94. The van der Waals surface area contributed by atoms with Gasteiger partial charge in [0.15, 0.2) is 5.13 Å². The lowest BCUT2D eigenvalue weighted by atomic mass is 10.2. The number of nitrogens with one attached hydrogen (secondary N) is 1. The van der Waals surface area contributed by atoms with Crippen molar-refractivity contribution in [2.24, 2.45) is 0 Å². The molecule has 7 heteroatoms. The number of rotatable bonds is 2. The molecule has 0 spiro atoms. The van der Waals surface area contributed by atoms with Gasteiger partial charge in [0.25, 0.3) is 0 Å². The van der Waals surface area contributed by atoms with Crippen LogP contribution in [0.3, 0.4) is 0 Å². The number of nitrogens with zero attached hydrogens (tertiary/aromatic N) is 1. The molecule has 0 unspecified atom stereocenters. The molecule has 0 aliphatic carbocycles. The molecule has 108 valence electrons. The Morgan fingerprint density at radius 2 is 1.90 bits per heavy atom. The number of benzene rings is 2. The highest BCUT2D eigenvalue weighted by atomic mass is 35.5. The lowest BCUT2D eigenvalue weighted by Gasteiger charge is -2.04. The lowest BCUT2D eigenvalue weighted by Crippen LogP contribution is -2.03. The fraction of sp³-hybridized carbons (Fsp3) is 0.0714. The molecular weight excluding hydrogens is 321 g/mol. The summed E-state index contributed by atoms with van der Waals surface area (Å²) in [6, 6.07) is 10.6. The van der Waals surface area contributed by atoms with Gasteiger partial charge >= 0.3 is 6.18 Å². The van der Waals surface area contributed by atoms with Crippen molar-refractivity contribution in [3.8, 4) is 0 Å². The summed E-state index contributed by atoms with van der Waals surface area (Å²) >= 11 is 7.16. The highest BCUT2D eigenvalue weighted by Crippen LogP contribution is 2.34. The molecule has 3 rings (SSSR count). The van der Waals surface area contributed by atoms with Crippen LogP contribution in [0.25, 0.3) is 10.2 Å². The summed E-state index contributed by atoms with van der Waals surface area (Å²) in [4.78, 5) is 4.18. The molecule has 2 aromatic carbocycles. The van der Waals surface area contributed by atoms with Crippen LogP contribution in [0.4, 0.5) is 24.0 Å². The summed E-state index contributed by atoms with van der Waals surface area (Å²) in [5.41, 5.74) is 0.353. The van der Waals surface area contributed by atoms with Crippen molar-refractivity contribution in [2.45, 2.75) is 6.18 Å². The maximum Gasteiger partial charge on any atom is 0.416 e. The number of fused-ring (bicyclic) bond motifs is 1. The number of aromatic nitrogens is 1. The molecular formula is C14H8ClF3N2S. The minimum absolute atomic E-state index is 0.319. The molecule has 0 radical (unpaired) electrons. The highest BCUT2D eigenvalue weighted by molar-refractivity contribution is 7.22. The summed E-state index contributed by atoms with van der Waals surface area (Å²) < 4.78 is 38.7. The topological polar surface area (TPSA) is 24.9 Å². The summed E-state index contributed by atoms with van der Waals surface area (Å²) in [5, 5.41) is 4.12. The molecule has 1 heterocycles. The minimum Gasteiger partial charge on any atom is -0.331 e. The standard InChI is InChI=1S/C14H8ClF3N2S/c15-9-2-1-3-10(7-9)19-13-20-11-6-8(14(16,17)18)4-5-12(11)21-13/h1-7H,(H,19,20). The third-order valence-corrected chi connectivity index (χ3v) is 3.98. The summed E-state index contributed by atoms with van der Waals surface area (Å²) in [6.45, 7) is 0. The number of hydrogen-bond acceptors (Lipinski definition) is 3. The molecule has 0 fully saturated rings. The summed E-state index contributed by atoms with van der Waals surface area (Å²) in [6.07, 6.45) is -4.36. The molecule has 3 aromatic rings. The van der Waals surface area contributed by atoms with Crippen molar-refractivity contribution >= 4 is 44.0 Å². The van der Waals surface area contributed by atoms with Crippen LogP contribution in [0.2, 0.25) is 5.02 Å². The molecule has 2 nitrogen and oxygen atoms in total. The van der Waals surface area contributed by atoms with Gasteiger partial charge in [-0.2, -0.15) is 13.2 Å². The zero-order valence-corrected chi connectivity index (χ0v) is 12.0. The van der Waals surface area contributed by atoms with Crippen molar-refractivity contribution in [3.63, 3.8) is 0 Å². The van der Waals surface area contributed by atoms with E-state index in [9.17, 15) is 13.2 Å². The van der Waals surface area contributed by atoms with E-state index in [0.717, 1.165) is 17.8 Å². The van der Waals surface area contributed by atoms with Crippen LogP contribution in [0.5, 0.6) is 0 Å². The van der Waals surface area contributed by atoms with Crippen molar-refractivity contribution in [1.82, 2.24) is 4.98 Å². The Bertz CT molecular complexity index is 798. The maximum atomic E-state index is 12.7. The fourth-order valence-electron chi connectivity index (χ4n) is 1.85. The van der Waals surface area contributed by atoms with Gasteiger partial charge in [-0.15, -0.1) is 0 Å². The van der Waals surface area contributed by atoms with Gasteiger partial charge in [0, 0.05) is 10.7 Å². The first-order chi connectivity index (χ1) is 9.91. The first kappa shape index (κ1) is 14.2. The third kappa shape index (κ3) is 3.11. The number of halogens is 4. The average molecular weight is 329 g/mol. The van der Waals surface area contributed by atoms with Crippen LogP contribution in [0.15, 0.2) is 42.5 Å². The third-order valence-electron chi connectivity index (χ3n) is 2.79. The van der Waals surface area contributed by atoms with Crippen LogP contribution < -0.4 is 5.32 Å². The molecule has 0 saturated carbocycles. The van der Waals surface area contributed by atoms with Gasteiger partial charge in [0.2, 0.25) is 0 Å². The number of hydrogen-bond donors (Lipinski definition) is 1. The van der Waals surface area contributed by atoms with E-state index >= 15 is 0 Å². The maximum absolute atomic E-state index is 12.7. The van der Waals surface area contributed by atoms with Crippen LogP contribution >= 0.6 is 22.9 Å². The number of anilines is 2. The highest BCUT2D eigenvalue weighted by Gasteiger charge is 2.30. The van der Waals surface area contributed by atoms with Gasteiger partial charge in [-0.05, 0) is 36.4 Å². The van der Waals surface area contributed by atoms with Gasteiger partial charge < -0.3 is 5.32 Å². The molecule has 21 heavy (non-hydrogen) atoms.